The standard InChI is InChI=1S/C20H23F3N2O/c1-13-10-17(15-11-14(20(21,22)23)5-6-16(15)24-13)25-9-3-8-19(12-25)7-2-4-18(19)26/h5-6,10-11,18,26H,2-4,7-9,12H2,1H3/t18-,19+/m1/s1. The molecule has 1 aliphatic carbocycles. The van der Waals surface area contributed by atoms with E-state index in [0.29, 0.717) is 17.4 Å². The van der Waals surface area contributed by atoms with Gasteiger partial charge in [0.1, 0.15) is 0 Å². The van der Waals surface area contributed by atoms with Crippen LogP contribution in [0.5, 0.6) is 0 Å². The minimum atomic E-state index is -4.37. The molecule has 2 aliphatic rings. The van der Waals surface area contributed by atoms with Crippen LogP contribution in [0, 0.1) is 12.3 Å². The van der Waals surface area contributed by atoms with Crippen molar-refractivity contribution in [2.45, 2.75) is 51.3 Å². The van der Waals surface area contributed by atoms with E-state index < -0.39 is 11.7 Å². The summed E-state index contributed by atoms with van der Waals surface area (Å²) >= 11 is 0. The van der Waals surface area contributed by atoms with Gasteiger partial charge in [-0.15, -0.1) is 0 Å². The van der Waals surface area contributed by atoms with Gasteiger partial charge in [0, 0.05) is 35.3 Å². The van der Waals surface area contributed by atoms with Crippen molar-refractivity contribution in [1.29, 1.82) is 0 Å². The fourth-order valence-electron chi connectivity index (χ4n) is 4.74. The molecule has 2 fully saturated rings. The van der Waals surface area contributed by atoms with Crippen molar-refractivity contribution in [2.75, 3.05) is 18.0 Å². The third-order valence-electron chi connectivity index (χ3n) is 6.05. The smallest absolute Gasteiger partial charge is 0.392 e. The highest BCUT2D eigenvalue weighted by molar-refractivity contribution is 5.92. The molecule has 1 aromatic carbocycles. The Hall–Kier alpha value is -1.82. The molecule has 2 atom stereocenters. The SMILES string of the molecule is Cc1cc(N2CCC[C@@]3(CCC[C@H]3O)C2)c2cc(C(F)(F)F)ccc2n1. The summed E-state index contributed by atoms with van der Waals surface area (Å²) in [6.45, 7) is 3.36. The van der Waals surface area contributed by atoms with E-state index >= 15 is 0 Å². The van der Waals surface area contributed by atoms with Crippen LogP contribution in [-0.4, -0.2) is 29.3 Å². The van der Waals surface area contributed by atoms with Gasteiger partial charge in [-0.2, -0.15) is 13.2 Å². The Bertz CT molecular complexity index is 836. The molecule has 26 heavy (non-hydrogen) atoms. The molecule has 1 aromatic heterocycles. The molecule has 1 N–H and O–H groups in total. The number of halogens is 3. The summed E-state index contributed by atoms with van der Waals surface area (Å²) in [5, 5.41) is 11.0. The van der Waals surface area contributed by atoms with Crippen LogP contribution < -0.4 is 4.90 Å². The van der Waals surface area contributed by atoms with E-state index in [9.17, 15) is 18.3 Å². The van der Waals surface area contributed by atoms with Crippen molar-refractivity contribution in [3.63, 3.8) is 0 Å². The molecule has 3 nitrogen and oxygen atoms in total. The maximum absolute atomic E-state index is 13.2. The normalized spacial score (nSPS) is 26.8. The number of aryl methyl sites for hydroxylation is 1. The van der Waals surface area contributed by atoms with Gasteiger partial charge in [0.05, 0.1) is 17.2 Å². The van der Waals surface area contributed by atoms with E-state index in [1.165, 1.54) is 12.1 Å². The first-order chi connectivity index (χ1) is 12.3. The summed E-state index contributed by atoms with van der Waals surface area (Å²) in [6, 6.07) is 5.64. The summed E-state index contributed by atoms with van der Waals surface area (Å²) in [5.41, 5.74) is 1.41. The zero-order valence-corrected chi connectivity index (χ0v) is 14.8. The molecule has 0 amide bonds. The van der Waals surface area contributed by atoms with Crippen LogP contribution in [0.15, 0.2) is 24.3 Å². The second-order valence-corrected chi connectivity index (χ2v) is 7.81. The summed E-state index contributed by atoms with van der Waals surface area (Å²) in [6.07, 6.45) is 0.0668. The molecule has 0 bridgehead atoms. The third kappa shape index (κ3) is 2.94. The topological polar surface area (TPSA) is 36.4 Å². The number of pyridine rings is 1. The maximum Gasteiger partial charge on any atom is 0.416 e. The molecule has 2 heterocycles. The van der Waals surface area contributed by atoms with E-state index in [1.807, 2.05) is 13.0 Å². The van der Waals surface area contributed by atoms with Crippen LogP contribution >= 0.6 is 0 Å². The van der Waals surface area contributed by atoms with Crippen LogP contribution in [-0.2, 0) is 6.18 Å². The summed E-state index contributed by atoms with van der Waals surface area (Å²) in [4.78, 5) is 6.58. The summed E-state index contributed by atoms with van der Waals surface area (Å²) < 4.78 is 39.6. The zero-order valence-electron chi connectivity index (χ0n) is 14.8. The van der Waals surface area contributed by atoms with Gasteiger partial charge in [-0.25, -0.2) is 0 Å². The number of piperidine rings is 1. The number of aromatic nitrogens is 1. The Morgan fingerprint density at radius 2 is 1.96 bits per heavy atom. The van der Waals surface area contributed by atoms with Crippen LogP contribution in [0.1, 0.15) is 43.4 Å². The highest BCUT2D eigenvalue weighted by Gasteiger charge is 2.45. The van der Waals surface area contributed by atoms with Crippen LogP contribution in [0.25, 0.3) is 10.9 Å². The van der Waals surface area contributed by atoms with Crippen molar-refractivity contribution in [1.82, 2.24) is 4.98 Å². The van der Waals surface area contributed by atoms with Gasteiger partial charge in [-0.1, -0.05) is 6.42 Å². The van der Waals surface area contributed by atoms with Crippen molar-refractivity contribution in [3.05, 3.63) is 35.5 Å². The van der Waals surface area contributed by atoms with Gasteiger partial charge in [-0.3, -0.25) is 4.98 Å². The molecule has 6 heteroatoms. The van der Waals surface area contributed by atoms with Gasteiger partial charge in [0.25, 0.3) is 0 Å². The average Bonchev–Trinajstić information content (AvgIpc) is 2.92. The van der Waals surface area contributed by atoms with E-state index in [0.717, 1.165) is 56.1 Å². The first kappa shape index (κ1) is 17.6. The van der Waals surface area contributed by atoms with Gasteiger partial charge in [0.15, 0.2) is 0 Å². The monoisotopic (exact) mass is 364 g/mol. The molecule has 140 valence electrons. The molecule has 4 rings (SSSR count). The first-order valence-corrected chi connectivity index (χ1v) is 9.20. The van der Waals surface area contributed by atoms with Gasteiger partial charge in [-0.05, 0) is 56.9 Å². The number of fused-ring (bicyclic) bond motifs is 1. The van der Waals surface area contributed by atoms with Crippen molar-refractivity contribution >= 4 is 16.6 Å². The molecule has 0 radical (unpaired) electrons. The second-order valence-electron chi connectivity index (χ2n) is 7.81. The lowest BCUT2D eigenvalue weighted by Gasteiger charge is -2.44. The third-order valence-corrected chi connectivity index (χ3v) is 6.05. The number of aliphatic hydroxyl groups is 1. The number of hydrogen-bond acceptors (Lipinski definition) is 3. The summed E-state index contributed by atoms with van der Waals surface area (Å²) in [5.74, 6) is 0. The number of nitrogens with zero attached hydrogens (tertiary/aromatic N) is 2. The number of benzene rings is 1. The Kier molecular flexibility index (Phi) is 4.14. The number of alkyl halides is 3. The summed E-state index contributed by atoms with van der Waals surface area (Å²) in [7, 11) is 0. The van der Waals surface area contributed by atoms with Crippen molar-refractivity contribution in [3.8, 4) is 0 Å². The van der Waals surface area contributed by atoms with Crippen LogP contribution in [0.4, 0.5) is 18.9 Å². The van der Waals surface area contributed by atoms with E-state index in [-0.39, 0.29) is 11.5 Å². The van der Waals surface area contributed by atoms with E-state index in [2.05, 4.69) is 9.88 Å². The van der Waals surface area contributed by atoms with Crippen molar-refractivity contribution in [2.24, 2.45) is 5.41 Å². The molecular weight excluding hydrogens is 341 g/mol. The highest BCUT2D eigenvalue weighted by atomic mass is 19.4. The maximum atomic E-state index is 13.2. The molecule has 2 aromatic rings. The number of aliphatic hydroxyl groups excluding tert-OH is 1. The Morgan fingerprint density at radius 3 is 2.65 bits per heavy atom. The second kappa shape index (κ2) is 6.12. The number of rotatable bonds is 1. The number of anilines is 1. The molecule has 1 aliphatic heterocycles. The fraction of sp³-hybridized carbons (Fsp3) is 0.550. The molecule has 0 unspecified atom stereocenters. The molecule has 1 saturated carbocycles. The molecule has 1 spiro atoms. The molecule has 1 saturated heterocycles. The quantitative estimate of drug-likeness (QED) is 0.797. The number of hydrogen-bond donors (Lipinski definition) is 1. The zero-order chi connectivity index (χ0) is 18.5. The fourth-order valence-corrected chi connectivity index (χ4v) is 4.74. The Balaban J connectivity index is 1.79. The Labute approximate surface area is 150 Å². The van der Waals surface area contributed by atoms with Gasteiger partial charge >= 0.3 is 6.18 Å². The van der Waals surface area contributed by atoms with Crippen molar-refractivity contribution < 1.29 is 18.3 Å². The highest BCUT2D eigenvalue weighted by Crippen LogP contribution is 2.46. The van der Waals surface area contributed by atoms with E-state index in [1.54, 1.807) is 0 Å². The van der Waals surface area contributed by atoms with Gasteiger partial charge < -0.3 is 10.0 Å². The average molecular weight is 364 g/mol. The van der Waals surface area contributed by atoms with Crippen LogP contribution in [0.3, 0.4) is 0 Å². The van der Waals surface area contributed by atoms with Gasteiger partial charge in [0.2, 0.25) is 0 Å². The lowest BCUT2D eigenvalue weighted by Crippen LogP contribution is -2.47. The first-order valence-electron chi connectivity index (χ1n) is 9.20. The molecular formula is C20H23F3N2O. The van der Waals surface area contributed by atoms with E-state index in [4.69, 9.17) is 0 Å². The largest absolute Gasteiger partial charge is 0.416 e. The Morgan fingerprint density at radius 1 is 1.19 bits per heavy atom. The predicted molar refractivity (Wildman–Crippen MR) is 95.2 cm³/mol. The lowest BCUT2D eigenvalue weighted by molar-refractivity contribution is -0.137. The van der Waals surface area contributed by atoms with Crippen LogP contribution in [0.2, 0.25) is 0 Å². The predicted octanol–water partition coefficient (Wildman–Crippen LogP) is 4.69. The lowest BCUT2D eigenvalue weighted by atomic mass is 9.76. The minimum absolute atomic E-state index is 0.122. The minimum Gasteiger partial charge on any atom is -0.392 e.